The zero-order chi connectivity index (χ0) is 14.0. The molecule has 2 rings (SSSR count). The van der Waals surface area contributed by atoms with Crippen LogP contribution in [-0.4, -0.2) is 17.6 Å². The van der Waals surface area contributed by atoms with E-state index in [1.54, 1.807) is 18.2 Å². The van der Waals surface area contributed by atoms with Crippen molar-refractivity contribution in [2.75, 3.05) is 7.11 Å². The Kier molecular flexibility index (Phi) is 4.52. The molecule has 0 radical (unpaired) electrons. The summed E-state index contributed by atoms with van der Waals surface area (Å²) in [5, 5.41) is 1.25. The second-order valence-electron chi connectivity index (χ2n) is 3.31. The van der Waals surface area contributed by atoms with Gasteiger partial charge in [0.2, 0.25) is 5.06 Å². The highest BCUT2D eigenvalue weighted by Crippen LogP contribution is 2.41. The Morgan fingerprint density at radius 2 is 2.05 bits per heavy atom. The van der Waals surface area contributed by atoms with Gasteiger partial charge in [-0.05, 0) is 18.2 Å². The summed E-state index contributed by atoms with van der Waals surface area (Å²) in [7, 11) is 1.20. The maximum atomic E-state index is 11.0. The van der Waals surface area contributed by atoms with Gasteiger partial charge in [-0.2, -0.15) is 4.37 Å². The van der Waals surface area contributed by atoms with Crippen LogP contribution >= 0.6 is 46.3 Å². The Labute approximate surface area is 128 Å². The summed E-state index contributed by atoms with van der Waals surface area (Å²) in [4.78, 5) is 11.0. The molecular formula is C11H6Cl3NO3S. The van der Waals surface area contributed by atoms with Crippen LogP contribution in [0.1, 0.15) is 0 Å². The molecular weight excluding hydrogens is 333 g/mol. The third kappa shape index (κ3) is 3.12. The van der Waals surface area contributed by atoms with Crippen LogP contribution in [0.2, 0.25) is 15.1 Å². The maximum Gasteiger partial charge on any atom is 0.514 e. The van der Waals surface area contributed by atoms with Crippen molar-refractivity contribution in [2.45, 2.75) is 0 Å². The zero-order valence-corrected chi connectivity index (χ0v) is 12.5. The summed E-state index contributed by atoms with van der Waals surface area (Å²) in [6.45, 7) is 0. The highest BCUT2D eigenvalue weighted by molar-refractivity contribution is 7.09. The number of halogens is 3. The molecule has 0 aliphatic carbocycles. The van der Waals surface area contributed by atoms with E-state index < -0.39 is 6.16 Å². The third-order valence-electron chi connectivity index (χ3n) is 2.14. The average molecular weight is 339 g/mol. The minimum absolute atomic E-state index is 0.148. The molecule has 0 aliphatic rings. The fourth-order valence-corrected chi connectivity index (χ4v) is 2.77. The van der Waals surface area contributed by atoms with Crippen LogP contribution in [0.4, 0.5) is 4.79 Å². The Hall–Kier alpha value is -1.01. The molecule has 0 saturated heterocycles. The lowest BCUT2D eigenvalue weighted by Gasteiger charge is -2.02. The normalized spacial score (nSPS) is 10.3. The number of benzene rings is 1. The number of rotatable bonds is 2. The van der Waals surface area contributed by atoms with Gasteiger partial charge in [-0.3, -0.25) is 0 Å². The molecule has 0 amide bonds. The lowest BCUT2D eigenvalue weighted by atomic mass is 10.1. The fourth-order valence-electron chi connectivity index (χ4n) is 1.29. The molecule has 0 atom stereocenters. The van der Waals surface area contributed by atoms with Crippen molar-refractivity contribution in [3.8, 4) is 16.3 Å². The first-order chi connectivity index (χ1) is 9.02. The number of hydrogen-bond acceptors (Lipinski definition) is 5. The lowest BCUT2D eigenvalue weighted by molar-refractivity contribution is 0.123. The van der Waals surface area contributed by atoms with Gasteiger partial charge >= 0.3 is 6.16 Å². The Morgan fingerprint density at radius 1 is 1.32 bits per heavy atom. The monoisotopic (exact) mass is 337 g/mol. The lowest BCUT2D eigenvalue weighted by Crippen LogP contribution is -2.06. The van der Waals surface area contributed by atoms with E-state index in [2.05, 4.69) is 9.11 Å². The van der Waals surface area contributed by atoms with E-state index in [-0.39, 0.29) is 10.1 Å². The second kappa shape index (κ2) is 5.96. The zero-order valence-electron chi connectivity index (χ0n) is 9.45. The molecule has 0 bridgehead atoms. The van der Waals surface area contributed by atoms with Crippen molar-refractivity contribution in [1.29, 1.82) is 0 Å². The molecule has 8 heteroatoms. The predicted molar refractivity (Wildman–Crippen MR) is 75.6 cm³/mol. The predicted octanol–water partition coefficient (Wildman–Crippen LogP) is 4.92. The molecule has 0 unspecified atom stereocenters. The average Bonchev–Trinajstić information content (AvgIpc) is 2.71. The van der Waals surface area contributed by atoms with Crippen molar-refractivity contribution in [1.82, 2.24) is 4.37 Å². The summed E-state index contributed by atoms with van der Waals surface area (Å²) in [5.41, 5.74) is 1.03. The van der Waals surface area contributed by atoms with Gasteiger partial charge in [0, 0.05) is 22.1 Å². The van der Waals surface area contributed by atoms with E-state index in [9.17, 15) is 4.79 Å². The maximum absolute atomic E-state index is 11.0. The van der Waals surface area contributed by atoms with E-state index in [1.807, 2.05) is 0 Å². The minimum Gasteiger partial charge on any atom is -0.437 e. The summed E-state index contributed by atoms with van der Waals surface area (Å²) >= 11 is 18.9. The quantitative estimate of drug-likeness (QED) is 0.730. The van der Waals surface area contributed by atoms with Crippen molar-refractivity contribution < 1.29 is 14.3 Å². The molecule has 1 aromatic carbocycles. The van der Waals surface area contributed by atoms with E-state index in [1.165, 1.54) is 7.11 Å². The van der Waals surface area contributed by atoms with Crippen LogP contribution in [-0.2, 0) is 4.74 Å². The first-order valence-corrected chi connectivity index (χ1v) is 6.80. The van der Waals surface area contributed by atoms with Gasteiger partial charge in [0.1, 0.15) is 10.7 Å². The number of ether oxygens (including phenoxy) is 2. The SMILES string of the molecule is COC(=O)Oc1snc(-c2ccc(Cl)cc2Cl)c1Cl. The first-order valence-electron chi connectivity index (χ1n) is 4.89. The van der Waals surface area contributed by atoms with Crippen LogP contribution in [0.15, 0.2) is 18.2 Å². The topological polar surface area (TPSA) is 48.4 Å². The molecule has 2 aromatic rings. The second-order valence-corrected chi connectivity index (χ2v) is 5.27. The van der Waals surface area contributed by atoms with Gasteiger partial charge in [-0.1, -0.05) is 34.8 Å². The smallest absolute Gasteiger partial charge is 0.437 e. The first kappa shape index (κ1) is 14.4. The summed E-state index contributed by atoms with van der Waals surface area (Å²) < 4.78 is 13.3. The van der Waals surface area contributed by atoms with E-state index in [4.69, 9.17) is 39.5 Å². The van der Waals surface area contributed by atoms with Gasteiger partial charge < -0.3 is 9.47 Å². The molecule has 1 heterocycles. The number of nitrogens with zero attached hydrogens (tertiary/aromatic N) is 1. The summed E-state index contributed by atoms with van der Waals surface area (Å²) in [6, 6.07) is 4.93. The Balaban J connectivity index is 2.38. The third-order valence-corrected chi connectivity index (χ3v) is 3.87. The minimum atomic E-state index is -0.862. The van der Waals surface area contributed by atoms with E-state index in [0.29, 0.717) is 21.3 Å². The molecule has 4 nitrogen and oxygen atoms in total. The van der Waals surface area contributed by atoms with Crippen molar-refractivity contribution in [3.05, 3.63) is 33.3 Å². The van der Waals surface area contributed by atoms with Gasteiger partial charge in [0.25, 0.3) is 0 Å². The molecule has 1 aromatic heterocycles. The van der Waals surface area contributed by atoms with Gasteiger partial charge in [0.15, 0.2) is 0 Å². The van der Waals surface area contributed by atoms with Gasteiger partial charge in [-0.25, -0.2) is 4.79 Å². The van der Waals surface area contributed by atoms with Crippen molar-refractivity contribution in [2.24, 2.45) is 0 Å². The fraction of sp³-hybridized carbons (Fsp3) is 0.0909. The van der Waals surface area contributed by atoms with Crippen LogP contribution in [0.25, 0.3) is 11.3 Å². The standard InChI is InChI=1S/C11H6Cl3NO3S/c1-17-11(16)18-10-8(14)9(15-19-10)6-3-2-5(12)4-7(6)13/h2-4H,1H3. The molecule has 100 valence electrons. The Bertz CT molecular complexity index is 630. The molecule has 0 saturated carbocycles. The number of methoxy groups -OCH3 is 1. The van der Waals surface area contributed by atoms with E-state index >= 15 is 0 Å². The molecule has 0 fully saturated rings. The number of carbonyl (C=O) groups excluding carboxylic acids is 1. The van der Waals surface area contributed by atoms with Crippen LogP contribution < -0.4 is 4.74 Å². The Morgan fingerprint density at radius 3 is 2.68 bits per heavy atom. The number of hydrogen-bond donors (Lipinski definition) is 0. The summed E-state index contributed by atoms with van der Waals surface area (Å²) in [6.07, 6.45) is -0.862. The number of carbonyl (C=O) groups is 1. The van der Waals surface area contributed by atoms with Crippen molar-refractivity contribution in [3.63, 3.8) is 0 Å². The highest BCUT2D eigenvalue weighted by Gasteiger charge is 2.19. The van der Waals surface area contributed by atoms with Gasteiger partial charge in [0.05, 0.1) is 12.1 Å². The van der Waals surface area contributed by atoms with Crippen molar-refractivity contribution >= 4 is 52.5 Å². The van der Waals surface area contributed by atoms with Crippen LogP contribution in [0, 0.1) is 0 Å². The summed E-state index contributed by atoms with van der Waals surface area (Å²) in [5.74, 6) is 0. The van der Waals surface area contributed by atoms with Gasteiger partial charge in [-0.15, -0.1) is 0 Å². The molecule has 19 heavy (non-hydrogen) atoms. The molecule has 0 N–H and O–H groups in total. The van der Waals surface area contributed by atoms with Crippen LogP contribution in [0.5, 0.6) is 5.06 Å². The largest absolute Gasteiger partial charge is 0.514 e. The molecule has 0 aliphatic heterocycles. The molecule has 0 spiro atoms. The van der Waals surface area contributed by atoms with Crippen LogP contribution in [0.3, 0.4) is 0 Å². The highest BCUT2D eigenvalue weighted by atomic mass is 35.5. The van der Waals surface area contributed by atoms with E-state index in [0.717, 1.165) is 11.5 Å². The number of aromatic nitrogens is 1.